The summed E-state index contributed by atoms with van der Waals surface area (Å²) in [5.41, 5.74) is 1.26. The average Bonchev–Trinajstić information content (AvgIpc) is 2.56. The van der Waals surface area contributed by atoms with Crippen LogP contribution in [-0.2, 0) is 20.9 Å². The van der Waals surface area contributed by atoms with Gasteiger partial charge in [0.15, 0.2) is 0 Å². The molecular formula is C18H24N2O5. The van der Waals surface area contributed by atoms with Gasteiger partial charge in [0.1, 0.15) is 6.04 Å². The molecule has 0 radical (unpaired) electrons. The number of piperidine rings is 1. The summed E-state index contributed by atoms with van der Waals surface area (Å²) in [6.07, 6.45) is 1.37. The van der Waals surface area contributed by atoms with Crippen molar-refractivity contribution >= 4 is 17.8 Å². The Morgan fingerprint density at radius 2 is 1.76 bits per heavy atom. The first-order valence-corrected chi connectivity index (χ1v) is 8.44. The third-order valence-electron chi connectivity index (χ3n) is 4.44. The number of benzene rings is 1. The van der Waals surface area contributed by atoms with Gasteiger partial charge in [0.25, 0.3) is 0 Å². The summed E-state index contributed by atoms with van der Waals surface area (Å²) in [6.45, 7) is 2.67. The summed E-state index contributed by atoms with van der Waals surface area (Å²) in [5, 5.41) is 20.0. The maximum atomic E-state index is 12.0. The molecule has 25 heavy (non-hydrogen) atoms. The minimum atomic E-state index is -1.37. The van der Waals surface area contributed by atoms with E-state index in [0.29, 0.717) is 0 Å². The number of carboxylic acid groups (broad SMARTS) is 2. The molecule has 1 unspecified atom stereocenters. The molecule has 1 heterocycles. The lowest BCUT2D eigenvalue weighted by Gasteiger charge is -2.31. The first kappa shape index (κ1) is 18.9. The van der Waals surface area contributed by atoms with Crippen LogP contribution in [0.15, 0.2) is 30.3 Å². The van der Waals surface area contributed by atoms with E-state index in [2.05, 4.69) is 22.3 Å². The van der Waals surface area contributed by atoms with Crippen LogP contribution < -0.4 is 5.32 Å². The molecule has 1 aliphatic rings. The van der Waals surface area contributed by atoms with E-state index in [-0.39, 0.29) is 12.3 Å². The number of nitrogens with zero attached hydrogens (tertiary/aromatic N) is 1. The number of hydrogen-bond acceptors (Lipinski definition) is 4. The van der Waals surface area contributed by atoms with Crippen molar-refractivity contribution in [3.63, 3.8) is 0 Å². The number of rotatable bonds is 8. The normalized spacial score (nSPS) is 17.0. The van der Waals surface area contributed by atoms with E-state index in [4.69, 9.17) is 10.2 Å². The Kier molecular flexibility index (Phi) is 6.94. The van der Waals surface area contributed by atoms with E-state index in [1.165, 1.54) is 5.56 Å². The van der Waals surface area contributed by atoms with Gasteiger partial charge in [0.2, 0.25) is 5.91 Å². The van der Waals surface area contributed by atoms with Gasteiger partial charge in [-0.05, 0) is 37.4 Å². The molecule has 2 rings (SSSR count). The van der Waals surface area contributed by atoms with Crippen molar-refractivity contribution in [3.8, 4) is 0 Å². The Hall–Kier alpha value is -2.41. The highest BCUT2D eigenvalue weighted by Crippen LogP contribution is 2.22. The number of carbonyl (C=O) groups is 3. The van der Waals surface area contributed by atoms with Gasteiger partial charge < -0.3 is 15.5 Å². The highest BCUT2D eigenvalue weighted by atomic mass is 16.4. The second-order valence-corrected chi connectivity index (χ2v) is 6.47. The highest BCUT2D eigenvalue weighted by Gasteiger charge is 2.26. The Balaban J connectivity index is 1.74. The van der Waals surface area contributed by atoms with Crippen LogP contribution in [0.1, 0.15) is 31.2 Å². The molecule has 1 atom stereocenters. The molecule has 0 aliphatic carbocycles. The van der Waals surface area contributed by atoms with Gasteiger partial charge in [-0.1, -0.05) is 30.3 Å². The van der Waals surface area contributed by atoms with Crippen molar-refractivity contribution < 1.29 is 24.6 Å². The maximum absolute atomic E-state index is 12.0. The molecule has 0 saturated carbocycles. The Bertz CT molecular complexity index is 597. The van der Waals surface area contributed by atoms with Gasteiger partial charge >= 0.3 is 11.9 Å². The van der Waals surface area contributed by atoms with Crippen LogP contribution in [-0.4, -0.2) is 52.1 Å². The molecule has 1 saturated heterocycles. The van der Waals surface area contributed by atoms with Gasteiger partial charge in [-0.25, -0.2) is 4.79 Å². The lowest BCUT2D eigenvalue weighted by molar-refractivity contribution is -0.147. The minimum Gasteiger partial charge on any atom is -0.481 e. The molecule has 136 valence electrons. The van der Waals surface area contributed by atoms with E-state index < -0.39 is 30.3 Å². The topological polar surface area (TPSA) is 107 Å². The fourth-order valence-electron chi connectivity index (χ4n) is 3.08. The maximum Gasteiger partial charge on any atom is 0.326 e. The van der Waals surface area contributed by atoms with Gasteiger partial charge in [-0.3, -0.25) is 14.5 Å². The first-order valence-electron chi connectivity index (χ1n) is 8.44. The molecule has 0 bridgehead atoms. The summed E-state index contributed by atoms with van der Waals surface area (Å²) >= 11 is 0. The second kappa shape index (κ2) is 9.17. The highest BCUT2D eigenvalue weighted by molar-refractivity contribution is 5.86. The molecule has 1 aromatic carbocycles. The van der Waals surface area contributed by atoms with Crippen LogP contribution in [0.4, 0.5) is 0 Å². The van der Waals surface area contributed by atoms with Gasteiger partial charge in [0.05, 0.1) is 6.42 Å². The van der Waals surface area contributed by atoms with Gasteiger partial charge in [0, 0.05) is 13.0 Å². The summed E-state index contributed by atoms with van der Waals surface area (Å²) in [4.78, 5) is 36.0. The predicted molar refractivity (Wildman–Crippen MR) is 90.9 cm³/mol. The average molecular weight is 348 g/mol. The number of likely N-dealkylation sites (tertiary alicyclic amines) is 1. The fraction of sp³-hybridized carbons (Fsp3) is 0.500. The van der Waals surface area contributed by atoms with Crippen molar-refractivity contribution in [1.29, 1.82) is 0 Å². The summed E-state index contributed by atoms with van der Waals surface area (Å²) in [5.74, 6) is -2.77. The Labute approximate surface area is 146 Å². The standard InChI is InChI=1S/C18H24N2O5/c21-16(19-15(18(24)25)11-17(22)23)10-13-6-8-20(9-7-13)12-14-4-2-1-3-5-14/h1-5,13,15H,6-12H2,(H,19,21)(H,22,23)(H,24,25). The molecule has 1 amide bonds. The Morgan fingerprint density at radius 3 is 2.32 bits per heavy atom. The molecule has 0 spiro atoms. The summed E-state index contributed by atoms with van der Waals surface area (Å²) in [6, 6.07) is 8.83. The SMILES string of the molecule is O=C(O)CC(NC(=O)CC1CCN(Cc2ccccc2)CC1)C(=O)O. The van der Waals surface area contributed by atoms with E-state index in [1.54, 1.807) is 0 Å². The lowest BCUT2D eigenvalue weighted by Crippen LogP contribution is -2.43. The molecule has 1 fully saturated rings. The van der Waals surface area contributed by atoms with Gasteiger partial charge in [-0.15, -0.1) is 0 Å². The third-order valence-corrected chi connectivity index (χ3v) is 4.44. The largest absolute Gasteiger partial charge is 0.481 e. The molecule has 0 aromatic heterocycles. The summed E-state index contributed by atoms with van der Waals surface area (Å²) in [7, 11) is 0. The quantitative estimate of drug-likeness (QED) is 0.654. The van der Waals surface area contributed by atoms with Crippen molar-refractivity contribution in [2.75, 3.05) is 13.1 Å². The zero-order valence-corrected chi connectivity index (χ0v) is 14.1. The molecular weight excluding hydrogens is 324 g/mol. The van der Waals surface area contributed by atoms with Crippen LogP contribution in [0.25, 0.3) is 0 Å². The third kappa shape index (κ3) is 6.54. The van der Waals surface area contributed by atoms with Crippen molar-refractivity contribution in [2.45, 2.75) is 38.3 Å². The van der Waals surface area contributed by atoms with Crippen LogP contribution in [0.3, 0.4) is 0 Å². The molecule has 3 N–H and O–H groups in total. The van der Waals surface area contributed by atoms with Crippen molar-refractivity contribution in [1.82, 2.24) is 10.2 Å². The molecule has 1 aromatic rings. The fourth-order valence-corrected chi connectivity index (χ4v) is 3.08. The molecule has 7 nitrogen and oxygen atoms in total. The molecule has 1 aliphatic heterocycles. The van der Waals surface area contributed by atoms with Gasteiger partial charge in [-0.2, -0.15) is 0 Å². The number of aliphatic carboxylic acids is 2. The minimum absolute atomic E-state index is 0.200. The van der Waals surface area contributed by atoms with Crippen LogP contribution >= 0.6 is 0 Å². The monoisotopic (exact) mass is 348 g/mol. The van der Waals surface area contributed by atoms with Crippen molar-refractivity contribution in [3.05, 3.63) is 35.9 Å². The number of carboxylic acids is 2. The number of amides is 1. The van der Waals surface area contributed by atoms with Crippen molar-refractivity contribution in [2.24, 2.45) is 5.92 Å². The second-order valence-electron chi connectivity index (χ2n) is 6.47. The lowest BCUT2D eigenvalue weighted by atomic mass is 9.92. The van der Waals surface area contributed by atoms with Crippen LogP contribution in [0.5, 0.6) is 0 Å². The summed E-state index contributed by atoms with van der Waals surface area (Å²) < 4.78 is 0. The van der Waals surface area contributed by atoms with E-state index in [0.717, 1.165) is 32.5 Å². The van der Waals surface area contributed by atoms with E-state index in [9.17, 15) is 14.4 Å². The first-order chi connectivity index (χ1) is 11.9. The molecule has 7 heteroatoms. The van der Waals surface area contributed by atoms with Crippen LogP contribution in [0.2, 0.25) is 0 Å². The predicted octanol–water partition coefficient (Wildman–Crippen LogP) is 1.33. The van der Waals surface area contributed by atoms with E-state index in [1.807, 2.05) is 18.2 Å². The Morgan fingerprint density at radius 1 is 1.12 bits per heavy atom. The number of carbonyl (C=O) groups excluding carboxylic acids is 1. The zero-order chi connectivity index (χ0) is 18.2. The zero-order valence-electron chi connectivity index (χ0n) is 14.1. The smallest absolute Gasteiger partial charge is 0.326 e. The van der Waals surface area contributed by atoms with E-state index >= 15 is 0 Å². The number of hydrogen-bond donors (Lipinski definition) is 3. The number of nitrogens with one attached hydrogen (secondary N) is 1. The van der Waals surface area contributed by atoms with Crippen LogP contribution in [0, 0.1) is 5.92 Å².